The maximum absolute atomic E-state index is 12.7. The summed E-state index contributed by atoms with van der Waals surface area (Å²) in [6.07, 6.45) is 12.0. The van der Waals surface area contributed by atoms with Crippen molar-refractivity contribution in [3.63, 3.8) is 0 Å². The number of nitrogens with one attached hydrogen (secondary N) is 1. The molecule has 8 nitrogen and oxygen atoms in total. The number of allylic oxidation sites excluding steroid dienone is 2. The SMILES string of the molecule is C=C(C[C@@H]1CC=C(CNCCCC)OC1)CC(C)(C)C.CC.CCCCC(O[C@H]1C(C)CC(N)[C@@H](CC)C1O)C(N)[C@H](C)N(C)C(=O)CC(C)(C)C. The minimum Gasteiger partial charge on any atom is -0.497 e. The van der Waals surface area contributed by atoms with Crippen LogP contribution in [-0.4, -0.2) is 79.1 Å². The molecule has 9 atom stereocenters. The number of carbonyl (C=O) groups is 1. The maximum Gasteiger partial charge on any atom is 0.223 e. The molecular formula is C44H88N4O4. The molecular weight excluding hydrogens is 649 g/mol. The summed E-state index contributed by atoms with van der Waals surface area (Å²) in [5, 5.41) is 14.4. The number of unbranched alkanes of at least 4 members (excludes halogenated alkanes) is 2. The van der Waals surface area contributed by atoms with Gasteiger partial charge in [0, 0.05) is 37.4 Å². The van der Waals surface area contributed by atoms with Gasteiger partial charge in [-0.25, -0.2) is 0 Å². The lowest BCUT2D eigenvalue weighted by Gasteiger charge is -2.45. The van der Waals surface area contributed by atoms with Crippen LogP contribution >= 0.6 is 0 Å². The molecule has 0 bridgehead atoms. The van der Waals surface area contributed by atoms with E-state index in [0.29, 0.717) is 17.8 Å². The van der Waals surface area contributed by atoms with Crippen molar-refractivity contribution in [1.29, 1.82) is 0 Å². The van der Waals surface area contributed by atoms with Crippen molar-refractivity contribution in [3.05, 3.63) is 24.0 Å². The standard InChI is InChI=1S/C24H49N3O3.C18H33NO.C2H6/c1-9-11-12-19(21(26)16(4)27(8)20(28)14-24(5,6)7)30-23-15(3)13-18(25)17(10-2)22(23)29;1-6-7-10-19-13-17-9-8-16(14-20-17)11-15(2)12-18(3,4)5;1-2/h15-19,21-23,29H,9-14,25-26H2,1-8H3;9,16,19H,2,6-8,10-14H2,1,3-5H3;1-2H3/t15?,16-,17+,18?,19?,21?,22?,23-;16-;/m00./s1. The monoisotopic (exact) mass is 737 g/mol. The van der Waals surface area contributed by atoms with Crippen LogP contribution in [0.15, 0.2) is 24.0 Å². The van der Waals surface area contributed by atoms with Gasteiger partial charge in [0.1, 0.15) is 5.76 Å². The first-order valence-electron chi connectivity index (χ1n) is 21.0. The van der Waals surface area contributed by atoms with Crippen molar-refractivity contribution < 1.29 is 19.4 Å². The Morgan fingerprint density at radius 2 is 1.69 bits per heavy atom. The quantitative estimate of drug-likeness (QED) is 0.0818. The third kappa shape index (κ3) is 19.8. The number of hydrogen-bond donors (Lipinski definition) is 4. The van der Waals surface area contributed by atoms with E-state index in [-0.39, 0.29) is 53.5 Å². The number of amides is 1. The number of likely N-dealkylation sites (N-methyl/N-ethyl adjacent to an activating group) is 1. The highest BCUT2D eigenvalue weighted by Crippen LogP contribution is 2.35. The van der Waals surface area contributed by atoms with Crippen LogP contribution in [0.5, 0.6) is 0 Å². The van der Waals surface area contributed by atoms with Gasteiger partial charge in [0.2, 0.25) is 5.91 Å². The lowest BCUT2D eigenvalue weighted by Crippen LogP contribution is -2.58. The number of aliphatic hydroxyl groups is 1. The highest BCUT2D eigenvalue weighted by atomic mass is 16.5. The van der Waals surface area contributed by atoms with E-state index < -0.39 is 6.10 Å². The summed E-state index contributed by atoms with van der Waals surface area (Å²) in [4.78, 5) is 14.5. The lowest BCUT2D eigenvalue weighted by atomic mass is 9.74. The molecule has 0 aromatic rings. The van der Waals surface area contributed by atoms with E-state index in [1.807, 2.05) is 27.8 Å². The molecule has 1 saturated carbocycles. The molecule has 0 spiro atoms. The Kier molecular flexibility index (Phi) is 24.9. The number of ether oxygens (including phenoxy) is 2. The van der Waals surface area contributed by atoms with Crippen LogP contribution in [0.1, 0.15) is 161 Å². The molecule has 2 aliphatic rings. The number of rotatable bonds is 18. The maximum atomic E-state index is 12.7. The highest BCUT2D eigenvalue weighted by molar-refractivity contribution is 5.76. The Hall–Kier alpha value is -1.45. The first kappa shape index (κ1) is 50.5. The first-order valence-corrected chi connectivity index (χ1v) is 21.0. The van der Waals surface area contributed by atoms with Gasteiger partial charge < -0.3 is 36.3 Å². The molecule has 0 aromatic heterocycles. The van der Waals surface area contributed by atoms with Gasteiger partial charge in [-0.2, -0.15) is 0 Å². The van der Waals surface area contributed by atoms with Crippen LogP contribution in [0.2, 0.25) is 0 Å². The second-order valence-electron chi connectivity index (χ2n) is 18.1. The van der Waals surface area contributed by atoms with Crippen LogP contribution in [0.3, 0.4) is 0 Å². The average molecular weight is 737 g/mol. The van der Waals surface area contributed by atoms with Crippen molar-refractivity contribution in [2.45, 2.75) is 197 Å². The molecule has 1 heterocycles. The van der Waals surface area contributed by atoms with Crippen LogP contribution < -0.4 is 16.8 Å². The molecule has 5 unspecified atom stereocenters. The molecule has 1 fully saturated rings. The predicted octanol–water partition coefficient (Wildman–Crippen LogP) is 9.00. The van der Waals surface area contributed by atoms with Crippen molar-refractivity contribution >= 4 is 5.91 Å². The van der Waals surface area contributed by atoms with E-state index in [0.717, 1.165) is 76.8 Å². The Labute approximate surface area is 322 Å². The lowest BCUT2D eigenvalue weighted by molar-refractivity contribution is -0.153. The molecule has 0 aromatic carbocycles. The minimum atomic E-state index is -0.583. The Morgan fingerprint density at radius 1 is 1.10 bits per heavy atom. The zero-order chi connectivity index (χ0) is 40.2. The van der Waals surface area contributed by atoms with Gasteiger partial charge in [-0.3, -0.25) is 4.79 Å². The molecule has 6 N–H and O–H groups in total. The van der Waals surface area contributed by atoms with Crippen molar-refractivity contribution in [2.24, 2.45) is 40.1 Å². The molecule has 0 radical (unpaired) electrons. The molecule has 0 saturated heterocycles. The van der Waals surface area contributed by atoms with Gasteiger partial charge in [0.05, 0.1) is 37.5 Å². The van der Waals surface area contributed by atoms with Crippen molar-refractivity contribution in [1.82, 2.24) is 10.2 Å². The third-order valence-electron chi connectivity index (χ3n) is 10.4. The summed E-state index contributed by atoms with van der Waals surface area (Å²) >= 11 is 0. The Morgan fingerprint density at radius 3 is 2.19 bits per heavy atom. The van der Waals surface area contributed by atoms with Gasteiger partial charge in [0.15, 0.2) is 0 Å². The largest absolute Gasteiger partial charge is 0.497 e. The van der Waals surface area contributed by atoms with E-state index in [9.17, 15) is 9.90 Å². The second kappa shape index (κ2) is 25.6. The summed E-state index contributed by atoms with van der Waals surface area (Å²) in [6.45, 7) is 34.6. The fourth-order valence-electron chi connectivity index (χ4n) is 7.32. The van der Waals surface area contributed by atoms with Crippen molar-refractivity contribution in [3.8, 4) is 0 Å². The molecule has 2 rings (SSSR count). The van der Waals surface area contributed by atoms with E-state index in [4.69, 9.17) is 20.9 Å². The summed E-state index contributed by atoms with van der Waals surface area (Å²) in [5.74, 6) is 2.05. The summed E-state index contributed by atoms with van der Waals surface area (Å²) in [7, 11) is 1.83. The van der Waals surface area contributed by atoms with Gasteiger partial charge >= 0.3 is 0 Å². The Balaban J connectivity index is 0.00000102. The van der Waals surface area contributed by atoms with Gasteiger partial charge in [-0.15, -0.1) is 0 Å². The number of carbonyl (C=O) groups excluding carboxylic acids is 1. The normalized spacial score (nSPS) is 25.2. The van der Waals surface area contributed by atoms with E-state index in [1.165, 1.54) is 18.4 Å². The molecule has 1 aliphatic carbocycles. The number of nitrogens with two attached hydrogens (primary N) is 2. The van der Waals surface area contributed by atoms with Gasteiger partial charge in [-0.05, 0) is 81.2 Å². The van der Waals surface area contributed by atoms with E-state index in [2.05, 4.69) is 87.2 Å². The van der Waals surface area contributed by atoms with Crippen LogP contribution in [0, 0.1) is 28.6 Å². The topological polar surface area (TPSA) is 123 Å². The fraction of sp³-hybridized carbons (Fsp3) is 0.886. The molecule has 1 aliphatic heterocycles. The third-order valence-corrected chi connectivity index (χ3v) is 10.4. The first-order chi connectivity index (χ1) is 24.2. The predicted molar refractivity (Wildman–Crippen MR) is 223 cm³/mol. The summed E-state index contributed by atoms with van der Waals surface area (Å²) in [5.41, 5.74) is 14.6. The molecule has 1 amide bonds. The zero-order valence-corrected chi connectivity index (χ0v) is 36.7. The fourth-order valence-corrected chi connectivity index (χ4v) is 7.32. The number of aliphatic hydroxyl groups excluding tert-OH is 1. The zero-order valence-electron chi connectivity index (χ0n) is 36.7. The summed E-state index contributed by atoms with van der Waals surface area (Å²) < 4.78 is 12.4. The second-order valence-corrected chi connectivity index (χ2v) is 18.1. The number of nitrogens with zero attached hydrogens (tertiary/aromatic N) is 1. The van der Waals surface area contributed by atoms with Gasteiger partial charge in [-0.1, -0.05) is 114 Å². The van der Waals surface area contributed by atoms with Crippen molar-refractivity contribution in [2.75, 3.05) is 26.7 Å². The molecule has 52 heavy (non-hydrogen) atoms. The highest BCUT2D eigenvalue weighted by Gasteiger charge is 2.43. The van der Waals surface area contributed by atoms with E-state index in [1.54, 1.807) is 4.90 Å². The van der Waals surface area contributed by atoms with E-state index >= 15 is 0 Å². The minimum absolute atomic E-state index is 0.00249. The van der Waals surface area contributed by atoms with Crippen LogP contribution in [-0.2, 0) is 14.3 Å². The average Bonchev–Trinajstić information content (AvgIpc) is 3.05. The summed E-state index contributed by atoms with van der Waals surface area (Å²) in [6, 6.07) is -0.467. The van der Waals surface area contributed by atoms with Crippen LogP contribution in [0.25, 0.3) is 0 Å². The smallest absolute Gasteiger partial charge is 0.223 e. The van der Waals surface area contributed by atoms with Gasteiger partial charge in [0.25, 0.3) is 0 Å². The van der Waals surface area contributed by atoms with Crippen LogP contribution in [0.4, 0.5) is 0 Å². The Bertz CT molecular complexity index is 1000. The molecule has 308 valence electrons. The molecule has 8 heteroatoms. The number of hydrogen-bond acceptors (Lipinski definition) is 7.